The minimum Gasteiger partial charge on any atom is -0.299 e. The molecule has 3 aromatic rings. The lowest BCUT2D eigenvalue weighted by Gasteiger charge is -2.18. The highest BCUT2D eigenvalue weighted by Crippen LogP contribution is 2.29. The van der Waals surface area contributed by atoms with Crippen molar-refractivity contribution in [3.8, 4) is 0 Å². The number of pyridine rings is 2. The van der Waals surface area contributed by atoms with Gasteiger partial charge in [-0.3, -0.25) is 9.80 Å². The van der Waals surface area contributed by atoms with Gasteiger partial charge in [0.25, 0.3) is 0 Å². The van der Waals surface area contributed by atoms with E-state index in [1.54, 1.807) is 11.1 Å². The van der Waals surface area contributed by atoms with Gasteiger partial charge < -0.3 is 0 Å². The summed E-state index contributed by atoms with van der Waals surface area (Å²) in [7, 11) is 4.54. The molecule has 4 heterocycles. The van der Waals surface area contributed by atoms with Crippen molar-refractivity contribution in [3.05, 3.63) is 95.6 Å². The summed E-state index contributed by atoms with van der Waals surface area (Å²) in [6.07, 6.45) is 22.3. The van der Waals surface area contributed by atoms with Gasteiger partial charge >= 0.3 is 0 Å². The molecule has 2 aliphatic heterocycles. The maximum Gasteiger partial charge on any atom is 0.198 e. The summed E-state index contributed by atoms with van der Waals surface area (Å²) in [5.74, 6) is 0. The summed E-state index contributed by atoms with van der Waals surface area (Å²) >= 11 is 0. The topological polar surface area (TPSA) is 14.2 Å². The number of aromatic nitrogens is 2. The zero-order valence-corrected chi connectivity index (χ0v) is 25.2. The molecule has 0 bridgehead atoms. The van der Waals surface area contributed by atoms with Crippen molar-refractivity contribution < 1.29 is 9.13 Å². The molecule has 0 N–H and O–H groups in total. The fourth-order valence-corrected chi connectivity index (χ4v) is 7.10. The van der Waals surface area contributed by atoms with Crippen LogP contribution in [-0.2, 0) is 25.9 Å². The highest BCUT2D eigenvalue weighted by molar-refractivity contribution is 5.27. The first kappa shape index (κ1) is 29.0. The van der Waals surface area contributed by atoms with E-state index in [9.17, 15) is 0 Å². The molecule has 0 saturated carbocycles. The molecule has 0 unspecified atom stereocenters. The summed E-state index contributed by atoms with van der Waals surface area (Å²) in [6.45, 7) is 4.72. The van der Waals surface area contributed by atoms with Crippen LogP contribution < -0.4 is 9.13 Å². The molecule has 4 heteroatoms. The van der Waals surface area contributed by atoms with Crippen molar-refractivity contribution in [3.63, 3.8) is 0 Å². The molecule has 0 radical (unpaired) electrons. The van der Waals surface area contributed by atoms with E-state index in [0.29, 0.717) is 12.1 Å². The Morgan fingerprint density at radius 1 is 0.650 bits per heavy atom. The third kappa shape index (κ3) is 7.79. The second-order valence-electron chi connectivity index (χ2n) is 12.4. The molecule has 40 heavy (non-hydrogen) atoms. The standard InChI is InChI=1S/C36H52N4/c1-37-24-14-22-34(37)33-20-13-27-39(30-33)26-10-3-5-16-31-18-7-8-19-32(31)17-6-4-11-28-40-29-12-9-21-36(40)35-23-15-25-38(35)2/h7-9,12-13,18-21,27,29-30,34-35H,3-6,10-11,14-17,22-26,28H2,1-2H3/q+2/t34-,35-/m0/s1. The summed E-state index contributed by atoms with van der Waals surface area (Å²) in [6, 6.07) is 21.7. The minimum absolute atomic E-state index is 0.593. The molecule has 0 amide bonds. The number of hydrogen-bond acceptors (Lipinski definition) is 2. The lowest BCUT2D eigenvalue weighted by Crippen LogP contribution is -2.41. The van der Waals surface area contributed by atoms with Crippen LogP contribution in [0.3, 0.4) is 0 Å². The Bertz CT molecular complexity index is 1190. The van der Waals surface area contributed by atoms with Crippen LogP contribution in [0.5, 0.6) is 0 Å². The minimum atomic E-state index is 0.593. The number of rotatable bonds is 14. The second kappa shape index (κ2) is 14.9. The lowest BCUT2D eigenvalue weighted by molar-refractivity contribution is -0.706. The fourth-order valence-electron chi connectivity index (χ4n) is 7.10. The van der Waals surface area contributed by atoms with Gasteiger partial charge in [0, 0.05) is 42.6 Å². The quantitative estimate of drug-likeness (QED) is 0.169. The molecule has 214 valence electrons. The molecular weight excluding hydrogens is 488 g/mol. The van der Waals surface area contributed by atoms with Gasteiger partial charge in [-0.05, 0) is 109 Å². The van der Waals surface area contributed by atoms with Crippen LogP contribution in [-0.4, -0.2) is 37.0 Å². The van der Waals surface area contributed by atoms with E-state index < -0.39 is 0 Å². The van der Waals surface area contributed by atoms with Gasteiger partial charge in [0.1, 0.15) is 13.1 Å². The molecular formula is C36H52N4+2. The van der Waals surface area contributed by atoms with E-state index in [2.05, 4.69) is 106 Å². The van der Waals surface area contributed by atoms with Crippen molar-refractivity contribution >= 4 is 0 Å². The number of likely N-dealkylation sites (tertiary alicyclic amines) is 2. The van der Waals surface area contributed by atoms with E-state index in [-0.39, 0.29) is 0 Å². The molecule has 2 atom stereocenters. The molecule has 2 aromatic heterocycles. The predicted octanol–water partition coefficient (Wildman–Crippen LogP) is 6.62. The number of aryl methyl sites for hydroxylation is 4. The highest BCUT2D eigenvalue weighted by Gasteiger charge is 2.29. The largest absolute Gasteiger partial charge is 0.299 e. The molecule has 5 rings (SSSR count). The van der Waals surface area contributed by atoms with Crippen molar-refractivity contribution in [2.75, 3.05) is 27.2 Å². The van der Waals surface area contributed by atoms with E-state index in [0.717, 1.165) is 13.1 Å². The van der Waals surface area contributed by atoms with Crippen molar-refractivity contribution in [1.29, 1.82) is 0 Å². The lowest BCUT2D eigenvalue weighted by atomic mass is 9.97. The van der Waals surface area contributed by atoms with Crippen LogP contribution in [0.2, 0.25) is 0 Å². The Morgan fingerprint density at radius 2 is 1.30 bits per heavy atom. The summed E-state index contributed by atoms with van der Waals surface area (Å²) < 4.78 is 4.93. The van der Waals surface area contributed by atoms with Crippen LogP contribution in [0, 0.1) is 0 Å². The molecule has 1 aromatic carbocycles. The maximum atomic E-state index is 2.52. The van der Waals surface area contributed by atoms with Gasteiger partial charge in [-0.15, -0.1) is 0 Å². The first-order chi connectivity index (χ1) is 19.7. The monoisotopic (exact) mass is 540 g/mol. The molecule has 0 aliphatic carbocycles. The van der Waals surface area contributed by atoms with Gasteiger partial charge in [0.05, 0.1) is 6.04 Å². The number of nitrogens with zero attached hydrogens (tertiary/aromatic N) is 4. The van der Waals surface area contributed by atoms with E-state index in [1.807, 2.05) is 0 Å². The Hall–Kier alpha value is -2.56. The van der Waals surface area contributed by atoms with Crippen molar-refractivity contribution in [2.45, 2.75) is 102 Å². The van der Waals surface area contributed by atoms with Gasteiger partial charge in [-0.1, -0.05) is 30.3 Å². The molecule has 2 aliphatic rings. The van der Waals surface area contributed by atoms with Gasteiger partial charge in [0.15, 0.2) is 24.3 Å². The zero-order valence-electron chi connectivity index (χ0n) is 25.2. The molecule has 0 spiro atoms. The van der Waals surface area contributed by atoms with Crippen LogP contribution in [0.15, 0.2) is 73.2 Å². The smallest absolute Gasteiger partial charge is 0.198 e. The van der Waals surface area contributed by atoms with Crippen molar-refractivity contribution in [1.82, 2.24) is 9.80 Å². The third-order valence-electron chi connectivity index (χ3n) is 9.45. The average Bonchev–Trinajstić information content (AvgIpc) is 3.61. The zero-order chi connectivity index (χ0) is 27.6. The summed E-state index contributed by atoms with van der Waals surface area (Å²) in [5.41, 5.74) is 6.14. The maximum absolute atomic E-state index is 2.52. The summed E-state index contributed by atoms with van der Waals surface area (Å²) in [5, 5.41) is 0. The number of hydrogen-bond donors (Lipinski definition) is 0. The van der Waals surface area contributed by atoms with E-state index in [4.69, 9.17) is 0 Å². The average molecular weight is 541 g/mol. The Balaban J connectivity index is 1.02. The molecule has 2 fully saturated rings. The van der Waals surface area contributed by atoms with Gasteiger partial charge in [-0.2, -0.15) is 0 Å². The number of benzene rings is 1. The van der Waals surface area contributed by atoms with Crippen LogP contribution >= 0.6 is 0 Å². The Labute approximate surface area is 243 Å². The normalized spacial score (nSPS) is 19.9. The van der Waals surface area contributed by atoms with Crippen molar-refractivity contribution in [2.24, 2.45) is 0 Å². The van der Waals surface area contributed by atoms with Gasteiger partial charge in [0.2, 0.25) is 0 Å². The summed E-state index contributed by atoms with van der Waals surface area (Å²) in [4.78, 5) is 5.03. The molecule has 2 saturated heterocycles. The highest BCUT2D eigenvalue weighted by atomic mass is 15.2. The van der Waals surface area contributed by atoms with Crippen LogP contribution in [0.4, 0.5) is 0 Å². The predicted molar refractivity (Wildman–Crippen MR) is 164 cm³/mol. The van der Waals surface area contributed by atoms with Crippen LogP contribution in [0.1, 0.15) is 98.7 Å². The first-order valence-corrected chi connectivity index (χ1v) is 16.1. The molecule has 4 nitrogen and oxygen atoms in total. The fraction of sp³-hybridized carbons (Fsp3) is 0.556. The SMILES string of the molecule is CN1CCC[C@H]1c1ccc[n+](CCCCCc2ccccc2CCCCC[n+]2ccccc2[C@@H]2CCCN2C)c1. The van der Waals surface area contributed by atoms with E-state index >= 15 is 0 Å². The Kier molecular flexibility index (Phi) is 10.8. The first-order valence-electron chi connectivity index (χ1n) is 16.1. The second-order valence-corrected chi connectivity index (χ2v) is 12.4. The Morgan fingerprint density at radius 3 is 1.98 bits per heavy atom. The third-order valence-corrected chi connectivity index (χ3v) is 9.45. The van der Waals surface area contributed by atoms with Crippen LogP contribution in [0.25, 0.3) is 0 Å². The van der Waals surface area contributed by atoms with E-state index in [1.165, 1.54) is 101 Å². The van der Waals surface area contributed by atoms with Gasteiger partial charge in [-0.25, -0.2) is 9.13 Å². The number of unbranched alkanes of at least 4 members (excludes halogenated alkanes) is 4.